The van der Waals surface area contributed by atoms with Gasteiger partial charge in [0.1, 0.15) is 5.75 Å². The summed E-state index contributed by atoms with van der Waals surface area (Å²) < 4.78 is 5.57. The molecule has 4 unspecified atom stereocenters. The van der Waals surface area contributed by atoms with E-state index in [9.17, 15) is 4.79 Å². The second-order valence-electron chi connectivity index (χ2n) is 9.50. The molecule has 0 heterocycles. The summed E-state index contributed by atoms with van der Waals surface area (Å²) in [5, 5.41) is 0.664. The Hall–Kier alpha value is -1.02. The van der Waals surface area contributed by atoms with E-state index in [0.29, 0.717) is 10.8 Å². The van der Waals surface area contributed by atoms with Crippen LogP contribution in [0.5, 0.6) is 5.75 Å². The fourth-order valence-corrected chi connectivity index (χ4v) is 6.24. The molecule has 1 aromatic rings. The van der Waals surface area contributed by atoms with Gasteiger partial charge >= 0.3 is 5.97 Å². The molecule has 3 aliphatic rings. The van der Waals surface area contributed by atoms with Crippen molar-refractivity contribution in [2.75, 3.05) is 0 Å². The number of benzene rings is 1. The molecule has 0 amide bonds. The van der Waals surface area contributed by atoms with Crippen LogP contribution in [-0.4, -0.2) is 5.97 Å². The lowest BCUT2D eigenvalue weighted by atomic mass is 9.61. The minimum atomic E-state index is -0.0549. The first kappa shape index (κ1) is 19.3. The number of carbonyl (C=O) groups is 1. The van der Waals surface area contributed by atoms with Crippen molar-refractivity contribution in [1.82, 2.24) is 0 Å². The monoisotopic (exact) mass is 388 g/mol. The zero-order valence-electron chi connectivity index (χ0n) is 16.5. The number of esters is 1. The van der Waals surface area contributed by atoms with Gasteiger partial charge < -0.3 is 4.74 Å². The Kier molecular flexibility index (Phi) is 6.12. The van der Waals surface area contributed by atoms with Gasteiger partial charge in [0, 0.05) is 5.02 Å². The standard InChI is InChI=1S/C24H33ClO2/c1-16-2-3-21-15-20(9-8-19(21)14-16)17-4-6-18(7-5-17)24(26)27-23-12-10-22(25)11-13-23/h10-13,16-21H,2-9,14-15H2,1H3. The summed E-state index contributed by atoms with van der Waals surface area (Å²) in [6.07, 6.45) is 13.1. The van der Waals surface area contributed by atoms with Crippen LogP contribution < -0.4 is 4.74 Å². The largest absolute Gasteiger partial charge is 0.426 e. The predicted octanol–water partition coefficient (Wildman–Crippen LogP) is 6.90. The van der Waals surface area contributed by atoms with E-state index >= 15 is 0 Å². The van der Waals surface area contributed by atoms with Gasteiger partial charge in [-0.2, -0.15) is 0 Å². The number of halogens is 1. The molecule has 0 bridgehead atoms. The highest BCUT2D eigenvalue weighted by Crippen LogP contribution is 2.49. The van der Waals surface area contributed by atoms with Crippen LogP contribution in [0, 0.1) is 35.5 Å². The van der Waals surface area contributed by atoms with Crippen LogP contribution in [0.2, 0.25) is 5.02 Å². The molecule has 3 aliphatic carbocycles. The molecule has 0 spiro atoms. The molecular weight excluding hydrogens is 356 g/mol. The van der Waals surface area contributed by atoms with Gasteiger partial charge in [0.15, 0.2) is 0 Å². The third-order valence-electron chi connectivity index (χ3n) is 7.72. The molecule has 0 radical (unpaired) electrons. The summed E-state index contributed by atoms with van der Waals surface area (Å²) in [6, 6.07) is 7.08. The van der Waals surface area contributed by atoms with Gasteiger partial charge in [-0.15, -0.1) is 0 Å². The molecule has 2 nitrogen and oxygen atoms in total. The molecule has 3 fully saturated rings. The first-order chi connectivity index (χ1) is 13.1. The molecule has 4 rings (SSSR count). The Morgan fingerprint density at radius 3 is 2.07 bits per heavy atom. The molecule has 27 heavy (non-hydrogen) atoms. The summed E-state index contributed by atoms with van der Waals surface area (Å²) in [4.78, 5) is 12.5. The van der Waals surface area contributed by atoms with Crippen LogP contribution in [0.25, 0.3) is 0 Å². The lowest BCUT2D eigenvalue weighted by Gasteiger charge is -2.44. The molecule has 0 aromatic heterocycles. The molecule has 0 N–H and O–H groups in total. The maximum atomic E-state index is 12.5. The van der Waals surface area contributed by atoms with Crippen molar-refractivity contribution in [2.24, 2.45) is 35.5 Å². The van der Waals surface area contributed by atoms with Crippen molar-refractivity contribution in [3.8, 4) is 5.75 Å². The Bertz CT molecular complexity index is 632. The van der Waals surface area contributed by atoms with Crippen molar-refractivity contribution in [3.05, 3.63) is 29.3 Å². The van der Waals surface area contributed by atoms with Gasteiger partial charge in [0.25, 0.3) is 0 Å². The van der Waals surface area contributed by atoms with Gasteiger partial charge in [-0.3, -0.25) is 4.79 Å². The van der Waals surface area contributed by atoms with Crippen molar-refractivity contribution in [1.29, 1.82) is 0 Å². The molecule has 3 saturated carbocycles. The van der Waals surface area contributed by atoms with Crippen LogP contribution in [0.3, 0.4) is 0 Å². The number of ether oxygens (including phenoxy) is 1. The SMILES string of the molecule is CC1CCC2CC(C3CCC(C(=O)Oc4ccc(Cl)cc4)CC3)CCC2C1. The van der Waals surface area contributed by atoms with Gasteiger partial charge in [0.05, 0.1) is 5.92 Å². The van der Waals surface area contributed by atoms with E-state index in [1.54, 1.807) is 24.3 Å². The highest BCUT2D eigenvalue weighted by molar-refractivity contribution is 6.30. The molecule has 4 atom stereocenters. The number of hydrogen-bond acceptors (Lipinski definition) is 2. The topological polar surface area (TPSA) is 26.3 Å². The summed E-state index contributed by atoms with van der Waals surface area (Å²) >= 11 is 5.90. The molecular formula is C24H33ClO2. The van der Waals surface area contributed by atoms with Crippen LogP contribution in [-0.2, 0) is 4.79 Å². The lowest BCUT2D eigenvalue weighted by Crippen LogP contribution is -2.35. The molecule has 0 saturated heterocycles. The second kappa shape index (κ2) is 8.55. The minimum absolute atomic E-state index is 0.0549. The van der Waals surface area contributed by atoms with Crippen molar-refractivity contribution in [2.45, 2.75) is 71.1 Å². The normalized spacial score (nSPS) is 36.7. The van der Waals surface area contributed by atoms with Gasteiger partial charge in [-0.1, -0.05) is 24.9 Å². The van der Waals surface area contributed by atoms with E-state index < -0.39 is 0 Å². The number of hydrogen-bond donors (Lipinski definition) is 0. The second-order valence-corrected chi connectivity index (χ2v) is 9.93. The predicted molar refractivity (Wildman–Crippen MR) is 110 cm³/mol. The van der Waals surface area contributed by atoms with E-state index in [2.05, 4.69) is 6.92 Å². The fourth-order valence-electron chi connectivity index (χ4n) is 6.12. The summed E-state index contributed by atoms with van der Waals surface area (Å²) in [6.45, 7) is 2.44. The van der Waals surface area contributed by atoms with Gasteiger partial charge in [0.2, 0.25) is 0 Å². The van der Waals surface area contributed by atoms with Crippen LogP contribution in [0.4, 0.5) is 0 Å². The highest BCUT2D eigenvalue weighted by Gasteiger charge is 2.38. The average Bonchev–Trinajstić information content (AvgIpc) is 2.69. The van der Waals surface area contributed by atoms with E-state index in [0.717, 1.165) is 42.4 Å². The maximum Gasteiger partial charge on any atom is 0.314 e. The van der Waals surface area contributed by atoms with E-state index in [1.807, 2.05) is 0 Å². The van der Waals surface area contributed by atoms with E-state index in [-0.39, 0.29) is 11.9 Å². The molecule has 148 valence electrons. The quantitative estimate of drug-likeness (QED) is 0.415. The van der Waals surface area contributed by atoms with Gasteiger partial charge in [-0.05, 0) is 112 Å². The van der Waals surface area contributed by atoms with Crippen molar-refractivity contribution >= 4 is 17.6 Å². The zero-order valence-corrected chi connectivity index (χ0v) is 17.3. The fraction of sp³-hybridized carbons (Fsp3) is 0.708. The van der Waals surface area contributed by atoms with Gasteiger partial charge in [-0.25, -0.2) is 0 Å². The first-order valence-electron chi connectivity index (χ1n) is 11.1. The first-order valence-corrected chi connectivity index (χ1v) is 11.4. The van der Waals surface area contributed by atoms with Crippen LogP contribution >= 0.6 is 11.6 Å². The number of carbonyl (C=O) groups excluding carboxylic acids is 1. The van der Waals surface area contributed by atoms with E-state index in [4.69, 9.17) is 16.3 Å². The Labute approximate surface area is 169 Å². The third-order valence-corrected chi connectivity index (χ3v) is 7.97. The summed E-state index contributed by atoms with van der Waals surface area (Å²) in [5.74, 6) is 5.33. The molecule has 0 aliphatic heterocycles. The number of rotatable bonds is 3. The highest BCUT2D eigenvalue weighted by atomic mass is 35.5. The van der Waals surface area contributed by atoms with E-state index in [1.165, 1.54) is 51.4 Å². The zero-order chi connectivity index (χ0) is 18.8. The van der Waals surface area contributed by atoms with Crippen molar-refractivity contribution in [3.63, 3.8) is 0 Å². The summed E-state index contributed by atoms with van der Waals surface area (Å²) in [7, 11) is 0. The Morgan fingerprint density at radius 2 is 1.37 bits per heavy atom. The third kappa shape index (κ3) is 4.70. The maximum absolute atomic E-state index is 12.5. The van der Waals surface area contributed by atoms with Crippen LogP contribution in [0.15, 0.2) is 24.3 Å². The Balaban J connectivity index is 1.25. The molecule has 3 heteroatoms. The smallest absolute Gasteiger partial charge is 0.314 e. The molecule has 1 aromatic carbocycles. The van der Waals surface area contributed by atoms with Crippen LogP contribution in [0.1, 0.15) is 71.1 Å². The number of fused-ring (bicyclic) bond motifs is 1. The summed E-state index contributed by atoms with van der Waals surface area (Å²) in [5.41, 5.74) is 0. The Morgan fingerprint density at radius 1 is 0.815 bits per heavy atom. The average molecular weight is 389 g/mol. The van der Waals surface area contributed by atoms with Crippen molar-refractivity contribution < 1.29 is 9.53 Å². The lowest BCUT2D eigenvalue weighted by molar-refractivity contribution is -0.140. The minimum Gasteiger partial charge on any atom is -0.426 e.